The molecule has 694 valence electrons. The van der Waals surface area contributed by atoms with Gasteiger partial charge in [-0.15, -0.1) is 25.5 Å². The summed E-state index contributed by atoms with van der Waals surface area (Å²) in [5.41, 5.74) is 2.99. The van der Waals surface area contributed by atoms with Gasteiger partial charge in [0.05, 0.1) is 138 Å². The number of carboxylic acids is 1. The molecule has 0 fully saturated rings. The third kappa shape index (κ3) is 20.8. The summed E-state index contributed by atoms with van der Waals surface area (Å²) in [7, 11) is 7.76. The number of carbonyl (C=O) groups is 1. The minimum atomic E-state index is -0.833. The molecule has 0 unspecified atom stereocenters. The van der Waals surface area contributed by atoms with Crippen LogP contribution >= 0.6 is 56.7 Å². The first-order valence-corrected chi connectivity index (χ1v) is 44.3. The molecule has 20 aromatic rings. The van der Waals surface area contributed by atoms with Gasteiger partial charge in [0.15, 0.2) is 29.1 Å². The predicted octanol–water partition coefficient (Wildman–Crippen LogP) is 11.5. The zero-order valence-corrected chi connectivity index (χ0v) is 76.6. The topological polar surface area (TPSA) is 535 Å². The highest BCUT2D eigenvalue weighted by Crippen LogP contribution is 2.34. The van der Waals surface area contributed by atoms with Gasteiger partial charge in [-0.05, 0) is 121 Å². The first kappa shape index (κ1) is 95.1. The maximum atomic E-state index is 12.7. The lowest BCUT2D eigenvalue weighted by Gasteiger charge is -2.03. The van der Waals surface area contributed by atoms with E-state index in [9.17, 15) is 74.5 Å². The SMILES string of the molecule is CC(=O)O.COc1ccccc1-c1nc2s/c(=C\c3ccccc3[N+](=O)[O-])c(=O)n2n1.COc1ccccc1-c1nc2s/c(=C\c3ccccc3[N+](=O)[O-])c(=O)n2n1.COc1ccccc1-c1nc2s/c(=C\c3ccccc3[N+](=O)[O-])c(=O)n2n1.COc1ccccc1-c1nc2s/c(=C\c3ccccc3[N+](=O)[O-])c(=O)n2n1.COc1ccccc1-c1nc2s/c(=C\c3ccccc3[N+](=O)[O-])c(=O)n2n1. The van der Waals surface area contributed by atoms with Crippen molar-refractivity contribution >= 4 is 146 Å². The number of benzene rings is 10. The highest BCUT2D eigenvalue weighted by molar-refractivity contribution is 7.16. The Balaban J connectivity index is 0.000000130. The van der Waals surface area contributed by atoms with Gasteiger partial charge in [-0.25, -0.2) is 0 Å². The number of hydrogen-bond acceptors (Lipinski definition) is 36. The molecule has 10 aromatic heterocycles. The molecule has 0 spiro atoms. The number of hydrogen-bond donors (Lipinski definition) is 1. The van der Waals surface area contributed by atoms with E-state index in [1.54, 1.807) is 157 Å². The fourth-order valence-electron chi connectivity index (χ4n) is 13.5. The summed E-state index contributed by atoms with van der Waals surface area (Å²) < 4.78 is 34.2. The average Bonchev–Trinajstić information content (AvgIpc) is 1.64. The third-order valence-corrected chi connectivity index (χ3v) is 24.5. The number of fused-ring (bicyclic) bond motifs is 5. The van der Waals surface area contributed by atoms with E-state index in [1.165, 1.54) is 83.3 Å². The Hall–Kier alpha value is -18.5. The predicted molar refractivity (Wildman–Crippen MR) is 518 cm³/mol. The van der Waals surface area contributed by atoms with Crippen LogP contribution in [0.5, 0.6) is 28.7 Å². The first-order chi connectivity index (χ1) is 67.1. The molecule has 0 aliphatic carbocycles. The molecule has 1 N–H and O–H groups in total. The second-order valence-corrected chi connectivity index (χ2v) is 33.4. The van der Waals surface area contributed by atoms with Gasteiger partial charge in [0.1, 0.15) is 28.7 Å². The van der Waals surface area contributed by atoms with Crippen molar-refractivity contribution in [3.63, 3.8) is 0 Å². The molecule has 0 atom stereocenters. The van der Waals surface area contributed by atoms with E-state index in [1.807, 2.05) is 91.0 Å². The number of nitro benzene ring substituents is 5. The number of aliphatic carboxylic acids is 1. The fraction of sp³-hybridized carbons (Fsp3) is 0.0652. The van der Waals surface area contributed by atoms with Gasteiger partial charge in [-0.1, -0.05) is 178 Å². The van der Waals surface area contributed by atoms with Crippen LogP contribution < -0.4 is 74.1 Å². The number of carboxylic acid groups (broad SMARTS) is 1. The zero-order valence-electron chi connectivity index (χ0n) is 72.5. The van der Waals surface area contributed by atoms with Gasteiger partial charge in [0.2, 0.25) is 24.8 Å². The quantitative estimate of drug-likeness (QED) is 0.0547. The number of nitrogens with zero attached hydrogens (tertiary/aromatic N) is 20. The van der Waals surface area contributed by atoms with E-state index >= 15 is 0 Å². The maximum Gasteiger partial charge on any atom is 0.300 e. The average molecular weight is 1960 g/mol. The zero-order chi connectivity index (χ0) is 98.4. The highest BCUT2D eigenvalue weighted by atomic mass is 32.1. The van der Waals surface area contributed by atoms with Crippen molar-refractivity contribution in [1.82, 2.24) is 73.0 Å². The van der Waals surface area contributed by atoms with Gasteiger partial charge in [0.25, 0.3) is 62.2 Å². The smallest absolute Gasteiger partial charge is 0.300 e. The van der Waals surface area contributed by atoms with Crippen LogP contribution in [-0.4, -0.2) is 144 Å². The molecule has 20 rings (SSSR count). The van der Waals surface area contributed by atoms with E-state index in [4.69, 9.17) is 33.6 Å². The van der Waals surface area contributed by atoms with E-state index in [0.717, 1.165) is 63.6 Å². The molecular formula is C92H64N20O22S5. The van der Waals surface area contributed by atoms with Crippen LogP contribution in [-0.2, 0) is 4.79 Å². The van der Waals surface area contributed by atoms with Crippen molar-refractivity contribution < 1.29 is 58.2 Å². The van der Waals surface area contributed by atoms with Crippen LogP contribution in [0.1, 0.15) is 34.7 Å². The Labute approximate surface area is 796 Å². The lowest BCUT2D eigenvalue weighted by molar-refractivity contribution is -0.385. The van der Waals surface area contributed by atoms with Gasteiger partial charge in [-0.3, -0.25) is 79.3 Å². The largest absolute Gasteiger partial charge is 0.496 e. The monoisotopic (exact) mass is 1960 g/mol. The Morgan fingerprint density at radius 3 is 0.561 bits per heavy atom. The first-order valence-electron chi connectivity index (χ1n) is 40.2. The Bertz CT molecular complexity index is 7670. The summed E-state index contributed by atoms with van der Waals surface area (Å²) >= 11 is 5.63. The van der Waals surface area contributed by atoms with Gasteiger partial charge >= 0.3 is 0 Å². The summed E-state index contributed by atoms with van der Waals surface area (Å²) in [5, 5.41) is 84.6. The number of ether oxygens (including phenoxy) is 5. The lowest BCUT2D eigenvalue weighted by atomic mass is 10.2. The molecule has 0 aliphatic heterocycles. The van der Waals surface area contributed by atoms with E-state index in [2.05, 4.69) is 50.4 Å². The standard InChI is InChI=1S/5C18H12N4O4S.C2H4O2/c5*1-26-14-9-5-3-7-12(14)16-19-18-21(20-16)17(23)15(27-18)10-11-6-2-4-8-13(11)22(24)25;1-2(3)4/h5*2-10H,1H3;1H3,(H,3,4)/b5*15-10-;. The number of rotatable bonds is 20. The molecule has 139 heavy (non-hydrogen) atoms. The van der Waals surface area contributed by atoms with Crippen LogP contribution in [0.4, 0.5) is 28.4 Å². The molecule has 0 saturated carbocycles. The van der Waals surface area contributed by atoms with Crippen molar-refractivity contribution in [1.29, 1.82) is 0 Å². The fourth-order valence-corrected chi connectivity index (χ4v) is 18.0. The van der Waals surface area contributed by atoms with Crippen LogP contribution in [0.25, 0.3) is 112 Å². The molecule has 0 saturated heterocycles. The van der Waals surface area contributed by atoms with Crippen molar-refractivity contribution in [3.05, 3.63) is 395 Å². The molecule has 42 nitrogen and oxygen atoms in total. The van der Waals surface area contributed by atoms with E-state index in [-0.39, 0.29) is 56.2 Å². The molecule has 0 bridgehead atoms. The molecule has 10 aromatic carbocycles. The normalized spacial score (nSPS) is 11.7. The Morgan fingerprint density at radius 1 is 0.273 bits per heavy atom. The van der Waals surface area contributed by atoms with Crippen LogP contribution in [0.2, 0.25) is 0 Å². The van der Waals surface area contributed by atoms with Crippen molar-refractivity contribution in [2.24, 2.45) is 0 Å². The summed E-state index contributed by atoms with van der Waals surface area (Å²) in [6, 6.07) is 67.5. The molecule has 0 amide bonds. The Kier molecular flexibility index (Phi) is 28.9. The lowest BCUT2D eigenvalue weighted by Crippen LogP contribution is -2.23. The van der Waals surface area contributed by atoms with Gasteiger partial charge < -0.3 is 28.8 Å². The second kappa shape index (κ2) is 42.2. The number of methoxy groups -OCH3 is 5. The van der Waals surface area contributed by atoms with Gasteiger partial charge in [0, 0.05) is 37.3 Å². The van der Waals surface area contributed by atoms with Crippen molar-refractivity contribution in [2.75, 3.05) is 35.5 Å². The number of nitro groups is 5. The molecule has 0 radical (unpaired) electrons. The summed E-state index contributed by atoms with van der Waals surface area (Å²) in [6.07, 6.45) is 7.45. The van der Waals surface area contributed by atoms with Crippen molar-refractivity contribution in [2.45, 2.75) is 6.92 Å². The van der Waals surface area contributed by atoms with E-state index < -0.39 is 30.6 Å². The minimum Gasteiger partial charge on any atom is -0.496 e. The Morgan fingerprint density at radius 2 is 0.417 bits per heavy atom. The molecule has 0 aliphatic rings. The minimum absolute atomic E-state index is 0.0642. The van der Waals surface area contributed by atoms with Crippen LogP contribution in [0, 0.1) is 50.6 Å². The highest BCUT2D eigenvalue weighted by Gasteiger charge is 2.25. The van der Waals surface area contributed by atoms with Crippen molar-refractivity contribution in [3.8, 4) is 85.7 Å². The number of aromatic nitrogens is 15. The number of thiazole rings is 5. The second-order valence-electron chi connectivity index (χ2n) is 28.3. The van der Waals surface area contributed by atoms with Gasteiger partial charge in [-0.2, -0.15) is 47.5 Å². The molecule has 47 heteroatoms. The van der Waals surface area contributed by atoms with Crippen LogP contribution in [0.3, 0.4) is 0 Å². The summed E-state index contributed by atoms with van der Waals surface area (Å²) in [6.45, 7) is 1.08. The van der Waals surface area contributed by atoms with E-state index in [0.29, 0.717) is 161 Å². The summed E-state index contributed by atoms with van der Waals surface area (Å²) in [4.78, 5) is 150. The number of para-hydroxylation sites is 10. The molecule has 10 heterocycles. The maximum absolute atomic E-state index is 12.7. The molecular weight excluding hydrogens is 1900 g/mol. The third-order valence-electron chi connectivity index (χ3n) is 19.7. The summed E-state index contributed by atoms with van der Waals surface area (Å²) in [5.74, 6) is 4.11. The van der Waals surface area contributed by atoms with Crippen LogP contribution in [0.15, 0.2) is 267 Å².